The van der Waals surface area contributed by atoms with Crippen molar-refractivity contribution in [1.82, 2.24) is 5.43 Å². The van der Waals surface area contributed by atoms with E-state index in [0.717, 1.165) is 23.5 Å². The van der Waals surface area contributed by atoms with Crippen molar-refractivity contribution in [1.29, 1.82) is 0 Å². The summed E-state index contributed by atoms with van der Waals surface area (Å²) in [5.41, 5.74) is 6.42. The van der Waals surface area contributed by atoms with Crippen LogP contribution in [0.5, 0.6) is 11.5 Å². The maximum atomic E-state index is 5.76. The van der Waals surface area contributed by atoms with E-state index in [2.05, 4.69) is 24.5 Å². The number of methoxy groups -OCH3 is 2. The van der Waals surface area contributed by atoms with Gasteiger partial charge in [-0.2, -0.15) is 0 Å². The van der Waals surface area contributed by atoms with Crippen LogP contribution in [0.1, 0.15) is 22.7 Å². The fraction of sp³-hybridized carbons (Fsp3) is 0.294. The highest BCUT2D eigenvalue weighted by Crippen LogP contribution is 2.31. The highest BCUT2D eigenvalue weighted by molar-refractivity contribution is 5.43. The first-order valence-electron chi connectivity index (χ1n) is 6.92. The molecule has 0 radical (unpaired) electrons. The molecule has 0 aromatic heterocycles. The van der Waals surface area contributed by atoms with Crippen LogP contribution in [0.25, 0.3) is 0 Å². The van der Waals surface area contributed by atoms with Crippen molar-refractivity contribution in [2.45, 2.75) is 19.4 Å². The Bertz CT molecular complexity index is 599. The third kappa shape index (κ3) is 3.54. The van der Waals surface area contributed by atoms with Gasteiger partial charge in [-0.3, -0.25) is 11.3 Å². The molecule has 0 fully saturated rings. The third-order valence-corrected chi connectivity index (χ3v) is 3.70. The predicted molar refractivity (Wildman–Crippen MR) is 84.5 cm³/mol. The number of hydrazine groups is 1. The third-order valence-electron chi connectivity index (χ3n) is 3.70. The number of aryl methyl sites for hydroxylation is 1. The molecular weight excluding hydrogens is 264 g/mol. The number of rotatable bonds is 6. The highest BCUT2D eigenvalue weighted by atomic mass is 16.5. The normalized spacial score (nSPS) is 12.0. The topological polar surface area (TPSA) is 56.5 Å². The Morgan fingerprint density at radius 2 is 1.86 bits per heavy atom. The molecule has 112 valence electrons. The van der Waals surface area contributed by atoms with Crippen LogP contribution >= 0.6 is 0 Å². The van der Waals surface area contributed by atoms with E-state index in [1.807, 2.05) is 30.3 Å². The second kappa shape index (κ2) is 7.11. The zero-order valence-corrected chi connectivity index (χ0v) is 12.7. The van der Waals surface area contributed by atoms with Crippen molar-refractivity contribution in [3.63, 3.8) is 0 Å². The molecule has 0 saturated carbocycles. The molecule has 3 N–H and O–H groups in total. The van der Waals surface area contributed by atoms with Gasteiger partial charge in [0.05, 0.1) is 20.3 Å². The van der Waals surface area contributed by atoms with E-state index in [0.29, 0.717) is 0 Å². The smallest absolute Gasteiger partial charge is 0.127 e. The molecule has 0 amide bonds. The summed E-state index contributed by atoms with van der Waals surface area (Å²) in [7, 11) is 3.29. The van der Waals surface area contributed by atoms with E-state index in [1.165, 1.54) is 11.1 Å². The summed E-state index contributed by atoms with van der Waals surface area (Å²) in [6.45, 7) is 2.11. The second-order valence-corrected chi connectivity index (χ2v) is 4.96. The van der Waals surface area contributed by atoms with Crippen molar-refractivity contribution in [2.24, 2.45) is 5.84 Å². The van der Waals surface area contributed by atoms with Crippen LogP contribution in [0, 0.1) is 6.92 Å². The Hall–Kier alpha value is -2.04. The molecule has 0 spiro atoms. The number of nitrogens with one attached hydrogen (secondary N) is 1. The van der Waals surface area contributed by atoms with E-state index in [4.69, 9.17) is 15.3 Å². The molecule has 21 heavy (non-hydrogen) atoms. The van der Waals surface area contributed by atoms with Crippen molar-refractivity contribution in [3.8, 4) is 11.5 Å². The molecule has 0 bridgehead atoms. The maximum absolute atomic E-state index is 5.76. The monoisotopic (exact) mass is 286 g/mol. The maximum Gasteiger partial charge on any atom is 0.127 e. The first kappa shape index (κ1) is 15.4. The van der Waals surface area contributed by atoms with Crippen LogP contribution in [-0.4, -0.2) is 14.2 Å². The van der Waals surface area contributed by atoms with Gasteiger partial charge in [0.15, 0.2) is 0 Å². The molecule has 0 aliphatic carbocycles. The Balaban J connectivity index is 2.31. The first-order chi connectivity index (χ1) is 10.2. The van der Waals surface area contributed by atoms with Crippen molar-refractivity contribution in [3.05, 3.63) is 59.2 Å². The number of nitrogens with two attached hydrogens (primary N) is 1. The van der Waals surface area contributed by atoms with Crippen LogP contribution in [0.2, 0.25) is 0 Å². The Morgan fingerprint density at radius 1 is 1.10 bits per heavy atom. The molecule has 1 atom stereocenters. The van der Waals surface area contributed by atoms with Gasteiger partial charge in [-0.1, -0.05) is 30.3 Å². The van der Waals surface area contributed by atoms with Gasteiger partial charge in [0, 0.05) is 11.6 Å². The standard InChI is InChI=1S/C17H22N2O2/c1-12-6-4-5-7-13(12)10-16(19-18)15-9-8-14(20-2)11-17(15)21-3/h4-9,11,16,19H,10,18H2,1-3H3. The van der Waals surface area contributed by atoms with Gasteiger partial charge >= 0.3 is 0 Å². The lowest BCUT2D eigenvalue weighted by atomic mass is 9.96. The predicted octanol–water partition coefficient (Wildman–Crippen LogP) is 2.76. The van der Waals surface area contributed by atoms with Crippen molar-refractivity contribution in [2.75, 3.05) is 14.2 Å². The zero-order chi connectivity index (χ0) is 15.2. The SMILES string of the molecule is COc1ccc(C(Cc2ccccc2C)NN)c(OC)c1. The first-order valence-corrected chi connectivity index (χ1v) is 6.92. The van der Waals surface area contributed by atoms with Crippen LogP contribution < -0.4 is 20.7 Å². The number of hydrogen-bond acceptors (Lipinski definition) is 4. The molecule has 0 saturated heterocycles. The van der Waals surface area contributed by atoms with Crippen LogP contribution in [0.3, 0.4) is 0 Å². The van der Waals surface area contributed by atoms with Gasteiger partial charge in [0.1, 0.15) is 11.5 Å². The molecule has 0 heterocycles. The summed E-state index contributed by atoms with van der Waals surface area (Å²) in [4.78, 5) is 0. The van der Waals surface area contributed by atoms with Gasteiger partial charge in [-0.15, -0.1) is 0 Å². The summed E-state index contributed by atoms with van der Waals surface area (Å²) in [5.74, 6) is 7.30. The minimum Gasteiger partial charge on any atom is -0.497 e. The summed E-state index contributed by atoms with van der Waals surface area (Å²) in [5, 5.41) is 0. The average Bonchev–Trinajstić information content (AvgIpc) is 2.53. The van der Waals surface area contributed by atoms with Gasteiger partial charge in [-0.05, 0) is 30.5 Å². The molecule has 2 rings (SSSR count). The summed E-state index contributed by atoms with van der Waals surface area (Å²) >= 11 is 0. The molecule has 4 heteroatoms. The molecule has 2 aromatic carbocycles. The lowest BCUT2D eigenvalue weighted by Gasteiger charge is -2.20. The largest absolute Gasteiger partial charge is 0.497 e. The molecule has 0 aliphatic rings. The fourth-order valence-corrected chi connectivity index (χ4v) is 2.42. The highest BCUT2D eigenvalue weighted by Gasteiger charge is 2.17. The van der Waals surface area contributed by atoms with Gasteiger partial charge < -0.3 is 9.47 Å². The number of benzene rings is 2. The van der Waals surface area contributed by atoms with Crippen molar-refractivity contribution < 1.29 is 9.47 Å². The Kier molecular flexibility index (Phi) is 5.20. The number of hydrogen-bond donors (Lipinski definition) is 2. The van der Waals surface area contributed by atoms with E-state index < -0.39 is 0 Å². The van der Waals surface area contributed by atoms with E-state index in [1.54, 1.807) is 14.2 Å². The van der Waals surface area contributed by atoms with Crippen molar-refractivity contribution >= 4 is 0 Å². The van der Waals surface area contributed by atoms with Crippen LogP contribution in [0.4, 0.5) is 0 Å². The van der Waals surface area contributed by atoms with Gasteiger partial charge in [0.25, 0.3) is 0 Å². The van der Waals surface area contributed by atoms with Crippen LogP contribution in [0.15, 0.2) is 42.5 Å². The van der Waals surface area contributed by atoms with E-state index in [-0.39, 0.29) is 6.04 Å². The average molecular weight is 286 g/mol. The second-order valence-electron chi connectivity index (χ2n) is 4.96. The lowest BCUT2D eigenvalue weighted by Crippen LogP contribution is -2.30. The minimum absolute atomic E-state index is 0.0213. The summed E-state index contributed by atoms with van der Waals surface area (Å²) in [6, 6.07) is 14.1. The molecule has 1 unspecified atom stereocenters. The zero-order valence-electron chi connectivity index (χ0n) is 12.7. The molecule has 4 nitrogen and oxygen atoms in total. The van der Waals surface area contributed by atoms with E-state index in [9.17, 15) is 0 Å². The summed E-state index contributed by atoms with van der Waals surface area (Å²) < 4.78 is 10.7. The summed E-state index contributed by atoms with van der Waals surface area (Å²) in [6.07, 6.45) is 0.797. The fourth-order valence-electron chi connectivity index (χ4n) is 2.42. The Labute approximate surface area is 125 Å². The number of ether oxygens (including phenoxy) is 2. The molecule has 2 aromatic rings. The quantitative estimate of drug-likeness (QED) is 0.633. The Morgan fingerprint density at radius 3 is 2.48 bits per heavy atom. The minimum atomic E-state index is -0.0213. The van der Waals surface area contributed by atoms with E-state index >= 15 is 0 Å². The molecular formula is C17H22N2O2. The van der Waals surface area contributed by atoms with Crippen LogP contribution in [-0.2, 0) is 6.42 Å². The lowest BCUT2D eigenvalue weighted by molar-refractivity contribution is 0.384. The van der Waals surface area contributed by atoms with Gasteiger partial charge in [-0.25, -0.2) is 0 Å². The van der Waals surface area contributed by atoms with Gasteiger partial charge in [0.2, 0.25) is 0 Å². The molecule has 0 aliphatic heterocycles.